The van der Waals surface area contributed by atoms with Crippen molar-refractivity contribution in [3.8, 4) is 0 Å². The van der Waals surface area contributed by atoms with Crippen LogP contribution in [-0.4, -0.2) is 39.6 Å². The van der Waals surface area contributed by atoms with E-state index in [1.165, 1.54) is 29.7 Å². The van der Waals surface area contributed by atoms with Gasteiger partial charge in [-0.25, -0.2) is 9.98 Å². The Morgan fingerprint density at radius 2 is 2.19 bits per heavy atom. The summed E-state index contributed by atoms with van der Waals surface area (Å²) in [6.07, 6.45) is 6.52. The number of benzene rings is 1. The van der Waals surface area contributed by atoms with E-state index in [-0.39, 0.29) is 24.0 Å². The van der Waals surface area contributed by atoms with Crippen LogP contribution in [0.25, 0.3) is 0 Å². The number of aryl methyl sites for hydroxylation is 1. The van der Waals surface area contributed by atoms with Crippen LogP contribution >= 0.6 is 35.7 Å². The molecule has 1 atom stereocenters. The molecule has 1 fully saturated rings. The summed E-state index contributed by atoms with van der Waals surface area (Å²) in [5.74, 6) is 3.25. The lowest BCUT2D eigenvalue weighted by atomic mass is 10.1. The lowest BCUT2D eigenvalue weighted by Crippen LogP contribution is -2.40. The van der Waals surface area contributed by atoms with E-state index >= 15 is 0 Å². The number of rotatable bonds is 7. The largest absolute Gasteiger partial charge is 0.357 e. The number of guanidine groups is 1. The van der Waals surface area contributed by atoms with Crippen LogP contribution in [0.15, 0.2) is 41.7 Å². The molecule has 2 N–H and O–H groups in total. The highest BCUT2D eigenvalue weighted by Gasteiger charge is 2.15. The topological polar surface area (TPSA) is 54.2 Å². The van der Waals surface area contributed by atoms with Gasteiger partial charge in [0, 0.05) is 37.3 Å². The molecule has 0 amide bonds. The lowest BCUT2D eigenvalue weighted by molar-refractivity contribution is 0.727. The van der Waals surface area contributed by atoms with Gasteiger partial charge in [-0.05, 0) is 43.6 Å². The second kappa shape index (κ2) is 11.6. The van der Waals surface area contributed by atoms with E-state index in [2.05, 4.69) is 63.1 Å². The second-order valence-corrected chi connectivity index (χ2v) is 8.04. The smallest absolute Gasteiger partial charge is 0.191 e. The van der Waals surface area contributed by atoms with Gasteiger partial charge in [-0.15, -0.1) is 24.0 Å². The van der Waals surface area contributed by atoms with E-state index in [9.17, 15) is 0 Å². The molecule has 3 rings (SSSR count). The molecule has 0 spiro atoms. The summed E-state index contributed by atoms with van der Waals surface area (Å²) in [6, 6.07) is 8.65. The van der Waals surface area contributed by atoms with Gasteiger partial charge >= 0.3 is 0 Å². The van der Waals surface area contributed by atoms with Crippen LogP contribution in [0.5, 0.6) is 0 Å². The third-order valence-corrected chi connectivity index (χ3v) is 5.95. The van der Waals surface area contributed by atoms with Crippen molar-refractivity contribution in [2.24, 2.45) is 4.99 Å². The number of aromatic nitrogens is 2. The Morgan fingerprint density at radius 1 is 1.33 bits per heavy atom. The predicted octanol–water partition coefficient (Wildman–Crippen LogP) is 3.81. The van der Waals surface area contributed by atoms with Gasteiger partial charge in [-0.3, -0.25) is 0 Å². The minimum Gasteiger partial charge on any atom is -0.357 e. The van der Waals surface area contributed by atoms with Gasteiger partial charge in [-0.1, -0.05) is 24.3 Å². The van der Waals surface area contributed by atoms with Gasteiger partial charge in [-0.2, -0.15) is 11.8 Å². The summed E-state index contributed by atoms with van der Waals surface area (Å²) in [7, 11) is 0. The summed E-state index contributed by atoms with van der Waals surface area (Å²) in [6.45, 7) is 7.55. The molecule has 1 aliphatic heterocycles. The van der Waals surface area contributed by atoms with Crippen molar-refractivity contribution < 1.29 is 0 Å². The minimum absolute atomic E-state index is 0. The van der Waals surface area contributed by atoms with E-state index < -0.39 is 0 Å². The van der Waals surface area contributed by atoms with Crippen LogP contribution in [0.2, 0.25) is 0 Å². The molecule has 0 saturated carbocycles. The number of aliphatic imine (C=N–C) groups is 1. The van der Waals surface area contributed by atoms with Crippen molar-refractivity contribution in [3.63, 3.8) is 0 Å². The summed E-state index contributed by atoms with van der Waals surface area (Å²) >= 11 is 2.07. The molecular formula is C20H30IN5S. The second-order valence-electron chi connectivity index (χ2n) is 6.63. The maximum absolute atomic E-state index is 4.77. The Hall–Kier alpha value is -1.22. The molecule has 0 bridgehead atoms. The predicted molar refractivity (Wildman–Crippen MR) is 126 cm³/mol. The molecule has 5 nitrogen and oxygen atoms in total. The fraction of sp³-hybridized carbons (Fsp3) is 0.500. The van der Waals surface area contributed by atoms with Gasteiger partial charge in [0.15, 0.2) is 5.96 Å². The Balaban J connectivity index is 0.00000261. The monoisotopic (exact) mass is 499 g/mol. The number of nitrogens with one attached hydrogen (secondary N) is 2. The highest BCUT2D eigenvalue weighted by molar-refractivity contribution is 14.0. The van der Waals surface area contributed by atoms with E-state index in [0.29, 0.717) is 6.54 Å². The Morgan fingerprint density at radius 3 is 2.89 bits per heavy atom. The van der Waals surface area contributed by atoms with Crippen molar-refractivity contribution in [2.45, 2.75) is 45.0 Å². The number of hydrogen-bond donors (Lipinski definition) is 2. The molecule has 2 aromatic rings. The van der Waals surface area contributed by atoms with Crippen LogP contribution in [0.3, 0.4) is 0 Å². The van der Waals surface area contributed by atoms with Crippen molar-refractivity contribution >= 4 is 41.7 Å². The van der Waals surface area contributed by atoms with Gasteiger partial charge < -0.3 is 15.2 Å². The third kappa shape index (κ3) is 7.03. The zero-order valence-electron chi connectivity index (χ0n) is 16.1. The summed E-state index contributed by atoms with van der Waals surface area (Å²) in [5.41, 5.74) is 2.51. The van der Waals surface area contributed by atoms with E-state index in [4.69, 9.17) is 4.99 Å². The quantitative estimate of drug-likeness (QED) is 0.346. The van der Waals surface area contributed by atoms with Crippen molar-refractivity contribution in [1.29, 1.82) is 0 Å². The van der Waals surface area contributed by atoms with Crippen LogP contribution in [0.1, 0.15) is 36.7 Å². The van der Waals surface area contributed by atoms with Crippen LogP contribution in [-0.2, 0) is 13.1 Å². The number of imidazole rings is 1. The molecule has 27 heavy (non-hydrogen) atoms. The first kappa shape index (κ1) is 22.1. The molecule has 148 valence electrons. The molecule has 0 radical (unpaired) electrons. The van der Waals surface area contributed by atoms with Crippen molar-refractivity contribution in [2.75, 3.05) is 18.8 Å². The number of nitrogens with zero attached hydrogens (tertiary/aromatic N) is 3. The molecule has 1 aliphatic rings. The van der Waals surface area contributed by atoms with Gasteiger partial charge in [0.05, 0.1) is 6.54 Å². The normalized spacial score (nSPS) is 16.8. The van der Waals surface area contributed by atoms with Gasteiger partial charge in [0.2, 0.25) is 0 Å². The summed E-state index contributed by atoms with van der Waals surface area (Å²) in [4.78, 5) is 9.06. The molecule has 1 aromatic carbocycles. The number of thioether (sulfide) groups is 1. The van der Waals surface area contributed by atoms with E-state index in [1.54, 1.807) is 0 Å². The molecule has 2 heterocycles. The van der Waals surface area contributed by atoms with Crippen molar-refractivity contribution in [3.05, 3.63) is 53.6 Å². The third-order valence-electron chi connectivity index (χ3n) is 4.55. The molecule has 7 heteroatoms. The Labute approximate surface area is 183 Å². The maximum Gasteiger partial charge on any atom is 0.191 e. The molecule has 1 saturated heterocycles. The fourth-order valence-electron chi connectivity index (χ4n) is 3.12. The van der Waals surface area contributed by atoms with Crippen LogP contribution < -0.4 is 10.6 Å². The van der Waals surface area contributed by atoms with E-state index in [1.807, 2.05) is 19.3 Å². The SMILES string of the molecule is CCNC(=NCc1cccc(Cn2ccnc2C)c1)NCC1CCCS1.I. The van der Waals surface area contributed by atoms with E-state index in [0.717, 1.165) is 36.7 Å². The highest BCUT2D eigenvalue weighted by Crippen LogP contribution is 2.25. The van der Waals surface area contributed by atoms with Crippen molar-refractivity contribution in [1.82, 2.24) is 20.2 Å². The lowest BCUT2D eigenvalue weighted by Gasteiger charge is -2.14. The Kier molecular flexibility index (Phi) is 9.47. The molecular weight excluding hydrogens is 469 g/mol. The maximum atomic E-state index is 4.77. The first-order valence-electron chi connectivity index (χ1n) is 9.44. The standard InChI is InChI=1S/C20H29N5S.HI/c1-3-21-20(24-14-19-8-5-11-26-19)23-13-17-6-4-7-18(12-17)15-25-10-9-22-16(25)2;/h4,6-7,9-10,12,19H,3,5,8,11,13-15H2,1-2H3,(H2,21,23,24);1H. The van der Waals surface area contributed by atoms with Gasteiger partial charge in [0.1, 0.15) is 5.82 Å². The highest BCUT2D eigenvalue weighted by atomic mass is 127. The number of hydrogen-bond acceptors (Lipinski definition) is 3. The number of halogens is 1. The zero-order chi connectivity index (χ0) is 18.2. The fourth-order valence-corrected chi connectivity index (χ4v) is 4.32. The van der Waals surface area contributed by atoms with Gasteiger partial charge in [0.25, 0.3) is 0 Å². The molecule has 1 aromatic heterocycles. The zero-order valence-corrected chi connectivity index (χ0v) is 19.3. The summed E-state index contributed by atoms with van der Waals surface area (Å²) in [5, 5.41) is 7.57. The summed E-state index contributed by atoms with van der Waals surface area (Å²) < 4.78 is 2.16. The Bertz CT molecular complexity index is 725. The molecule has 0 aliphatic carbocycles. The first-order chi connectivity index (χ1) is 12.7. The van der Waals surface area contributed by atoms with Crippen LogP contribution in [0.4, 0.5) is 0 Å². The molecule has 1 unspecified atom stereocenters. The minimum atomic E-state index is 0. The average Bonchev–Trinajstić information content (AvgIpc) is 3.30. The van der Waals surface area contributed by atoms with Crippen LogP contribution in [0, 0.1) is 6.92 Å². The average molecular weight is 499 g/mol. The first-order valence-corrected chi connectivity index (χ1v) is 10.5.